The molecule has 0 unspecified atom stereocenters. The minimum atomic E-state index is -4.13. The average Bonchev–Trinajstić information content (AvgIpc) is 3.31. The second-order valence-electron chi connectivity index (χ2n) is 7.15. The molecule has 0 fully saturated rings. The Balaban J connectivity index is 1.57. The molecular formula is C22H21N5O6S. The van der Waals surface area contributed by atoms with Crippen LogP contribution in [0, 0.1) is 0 Å². The minimum absolute atomic E-state index is 0.0808. The molecule has 1 amide bonds. The molecule has 1 N–H and O–H groups in total. The first-order chi connectivity index (χ1) is 16.3. The quantitative estimate of drug-likeness (QED) is 0.542. The number of nitrogens with one attached hydrogen (secondary N) is 1. The van der Waals surface area contributed by atoms with E-state index in [1.165, 1.54) is 27.3 Å². The number of aromatic nitrogens is 2. The van der Waals surface area contributed by atoms with E-state index in [0.717, 1.165) is 9.87 Å². The number of hydrogen-bond donors (Lipinski definition) is 1. The third-order valence-electron chi connectivity index (χ3n) is 4.88. The lowest BCUT2D eigenvalue weighted by molar-refractivity contribution is -0.116. The maximum atomic E-state index is 12.7. The number of nitrogens with zero attached hydrogens (tertiary/aromatic N) is 4. The SMILES string of the molecule is COc1ccc(NC(=O)CN2C=C(c3nc(-c4ccccc4)no3)C(C)=NS2(=O)=O)c(OC)c1. The molecule has 0 saturated carbocycles. The minimum Gasteiger partial charge on any atom is -0.497 e. The second-order valence-corrected chi connectivity index (χ2v) is 8.69. The summed E-state index contributed by atoms with van der Waals surface area (Å²) in [6.45, 7) is 0.979. The van der Waals surface area contributed by atoms with Crippen LogP contribution in [0.4, 0.5) is 5.69 Å². The standard InChI is InChI=1S/C22H21N5O6S/c1-14-17(22-24-21(25-33-22)15-7-5-4-6-8-15)12-27(34(29,30)26-14)13-20(28)23-18-10-9-16(31-2)11-19(18)32-3/h4-12H,13H2,1-3H3,(H,23,28). The molecule has 1 aromatic heterocycles. The van der Waals surface area contributed by atoms with Gasteiger partial charge in [-0.05, 0) is 19.1 Å². The number of amides is 1. The lowest BCUT2D eigenvalue weighted by Gasteiger charge is -2.22. The first-order valence-corrected chi connectivity index (χ1v) is 11.4. The molecule has 34 heavy (non-hydrogen) atoms. The number of rotatable bonds is 7. The first kappa shape index (κ1) is 23.0. The van der Waals surface area contributed by atoms with Crippen LogP contribution in [0.3, 0.4) is 0 Å². The van der Waals surface area contributed by atoms with Gasteiger partial charge in [-0.3, -0.25) is 4.79 Å². The Morgan fingerprint density at radius 3 is 2.59 bits per heavy atom. The summed E-state index contributed by atoms with van der Waals surface area (Å²) in [5.41, 5.74) is 1.55. The molecule has 2 aromatic carbocycles. The van der Waals surface area contributed by atoms with Crippen molar-refractivity contribution in [3.05, 3.63) is 60.6 Å². The van der Waals surface area contributed by atoms with Crippen molar-refractivity contribution in [2.24, 2.45) is 4.40 Å². The summed E-state index contributed by atoms with van der Waals surface area (Å²) in [6.07, 6.45) is 1.25. The molecule has 0 bridgehead atoms. The molecule has 0 spiro atoms. The molecule has 1 aliphatic heterocycles. The number of hydrogen-bond acceptors (Lipinski definition) is 8. The van der Waals surface area contributed by atoms with Crippen LogP contribution >= 0.6 is 0 Å². The van der Waals surface area contributed by atoms with E-state index in [2.05, 4.69) is 19.9 Å². The maximum Gasteiger partial charge on any atom is 0.344 e. The van der Waals surface area contributed by atoms with Crippen molar-refractivity contribution in [2.75, 3.05) is 26.1 Å². The molecule has 0 atom stereocenters. The lowest BCUT2D eigenvalue weighted by atomic mass is 10.2. The summed E-state index contributed by atoms with van der Waals surface area (Å²) in [5, 5.41) is 6.59. The van der Waals surface area contributed by atoms with Gasteiger partial charge in [0, 0.05) is 17.8 Å². The summed E-state index contributed by atoms with van der Waals surface area (Å²) in [7, 11) is -1.18. The fraction of sp³-hybridized carbons (Fsp3) is 0.182. The van der Waals surface area contributed by atoms with E-state index in [4.69, 9.17) is 14.0 Å². The highest BCUT2D eigenvalue weighted by molar-refractivity contribution is 7.88. The van der Waals surface area contributed by atoms with Crippen LogP contribution < -0.4 is 14.8 Å². The Bertz CT molecular complexity index is 1380. The molecule has 0 aliphatic carbocycles. The molecule has 176 valence electrons. The van der Waals surface area contributed by atoms with Gasteiger partial charge in [-0.25, -0.2) is 4.31 Å². The second kappa shape index (κ2) is 9.35. The van der Waals surface area contributed by atoms with Gasteiger partial charge in [0.2, 0.25) is 11.7 Å². The van der Waals surface area contributed by atoms with Gasteiger partial charge in [-0.15, -0.1) is 4.40 Å². The van der Waals surface area contributed by atoms with Gasteiger partial charge < -0.3 is 19.3 Å². The van der Waals surface area contributed by atoms with Crippen LogP contribution in [0.25, 0.3) is 17.0 Å². The smallest absolute Gasteiger partial charge is 0.344 e. The van der Waals surface area contributed by atoms with Crippen molar-refractivity contribution in [3.8, 4) is 22.9 Å². The molecule has 0 saturated heterocycles. The Morgan fingerprint density at radius 2 is 1.88 bits per heavy atom. The van der Waals surface area contributed by atoms with Gasteiger partial charge in [-0.2, -0.15) is 13.4 Å². The van der Waals surface area contributed by atoms with Gasteiger partial charge in [0.1, 0.15) is 18.0 Å². The van der Waals surface area contributed by atoms with Gasteiger partial charge in [0.25, 0.3) is 5.89 Å². The molecular weight excluding hydrogens is 462 g/mol. The highest BCUT2D eigenvalue weighted by Crippen LogP contribution is 2.29. The molecule has 3 aromatic rings. The first-order valence-electron chi connectivity index (χ1n) is 10.0. The van der Waals surface area contributed by atoms with E-state index >= 15 is 0 Å². The van der Waals surface area contributed by atoms with E-state index in [0.29, 0.717) is 28.6 Å². The van der Waals surface area contributed by atoms with Crippen LogP contribution in [-0.2, 0) is 15.0 Å². The molecule has 11 nitrogen and oxygen atoms in total. The van der Waals surface area contributed by atoms with Crippen molar-refractivity contribution in [2.45, 2.75) is 6.92 Å². The van der Waals surface area contributed by atoms with Crippen molar-refractivity contribution < 1.29 is 27.2 Å². The highest BCUT2D eigenvalue weighted by atomic mass is 32.2. The van der Waals surface area contributed by atoms with Crippen LogP contribution in [-0.4, -0.2) is 55.2 Å². The third kappa shape index (κ3) is 4.76. The van der Waals surface area contributed by atoms with E-state index in [9.17, 15) is 13.2 Å². The molecule has 0 radical (unpaired) electrons. The van der Waals surface area contributed by atoms with E-state index in [-0.39, 0.29) is 11.6 Å². The largest absolute Gasteiger partial charge is 0.497 e. The van der Waals surface area contributed by atoms with E-state index in [1.807, 2.05) is 30.3 Å². The summed E-state index contributed by atoms with van der Waals surface area (Å²) in [4.78, 5) is 17.0. The van der Waals surface area contributed by atoms with E-state index < -0.39 is 22.7 Å². The van der Waals surface area contributed by atoms with Gasteiger partial charge in [-0.1, -0.05) is 35.5 Å². The van der Waals surface area contributed by atoms with Crippen LogP contribution in [0.2, 0.25) is 0 Å². The monoisotopic (exact) mass is 483 g/mol. The topological polar surface area (TPSA) is 136 Å². The van der Waals surface area contributed by atoms with Crippen molar-refractivity contribution >= 4 is 33.1 Å². The number of benzene rings is 2. The van der Waals surface area contributed by atoms with Crippen LogP contribution in [0.1, 0.15) is 12.8 Å². The van der Waals surface area contributed by atoms with Gasteiger partial charge in [0.15, 0.2) is 0 Å². The zero-order valence-electron chi connectivity index (χ0n) is 18.5. The number of ether oxygens (including phenoxy) is 2. The Morgan fingerprint density at radius 1 is 1.12 bits per heavy atom. The fourth-order valence-electron chi connectivity index (χ4n) is 3.19. The number of allylic oxidation sites excluding steroid dienone is 1. The number of methoxy groups -OCH3 is 2. The summed E-state index contributed by atoms with van der Waals surface area (Å²) in [5.74, 6) is 0.720. The van der Waals surface area contributed by atoms with Crippen LogP contribution in [0.5, 0.6) is 11.5 Å². The molecule has 12 heteroatoms. The van der Waals surface area contributed by atoms with Gasteiger partial charge >= 0.3 is 10.2 Å². The van der Waals surface area contributed by atoms with Crippen molar-refractivity contribution in [3.63, 3.8) is 0 Å². The average molecular weight is 484 g/mol. The summed E-state index contributed by atoms with van der Waals surface area (Å²) in [6, 6.07) is 14.0. The van der Waals surface area contributed by atoms with Crippen molar-refractivity contribution in [1.82, 2.24) is 14.4 Å². The van der Waals surface area contributed by atoms with Crippen molar-refractivity contribution in [1.29, 1.82) is 0 Å². The summed E-state index contributed by atoms with van der Waals surface area (Å²) < 4.78 is 45.5. The van der Waals surface area contributed by atoms with E-state index in [1.54, 1.807) is 18.2 Å². The Hall–Kier alpha value is -4.19. The highest BCUT2D eigenvalue weighted by Gasteiger charge is 2.30. The number of carbonyl (C=O) groups is 1. The molecule has 2 heterocycles. The lowest BCUT2D eigenvalue weighted by Crippen LogP contribution is -2.36. The normalized spacial score (nSPS) is 14.7. The zero-order chi connectivity index (χ0) is 24.3. The number of carbonyl (C=O) groups excluding carboxylic acids is 1. The zero-order valence-corrected chi connectivity index (χ0v) is 19.4. The predicted molar refractivity (Wildman–Crippen MR) is 125 cm³/mol. The summed E-state index contributed by atoms with van der Waals surface area (Å²) >= 11 is 0. The fourth-order valence-corrected chi connectivity index (χ4v) is 4.25. The van der Waals surface area contributed by atoms with Gasteiger partial charge in [0.05, 0.1) is 31.2 Å². The maximum absolute atomic E-state index is 12.7. The molecule has 4 rings (SSSR count). The number of anilines is 1. The third-order valence-corrected chi connectivity index (χ3v) is 6.21. The molecule has 1 aliphatic rings. The predicted octanol–water partition coefficient (Wildman–Crippen LogP) is 2.75. The Kier molecular flexibility index (Phi) is 6.32. The van der Waals surface area contributed by atoms with Crippen LogP contribution in [0.15, 0.2) is 63.7 Å². The Labute approximate surface area is 195 Å².